The Kier molecular flexibility index (Phi) is 9.84. The second-order valence-electron chi connectivity index (χ2n) is 13.6. The van der Waals surface area contributed by atoms with Gasteiger partial charge in [0.25, 0.3) is 0 Å². The Morgan fingerprint density at radius 2 is 1.76 bits per heavy atom. The van der Waals surface area contributed by atoms with Crippen molar-refractivity contribution in [2.45, 2.75) is 58.2 Å². The Morgan fingerprint density at radius 1 is 1.00 bits per heavy atom. The van der Waals surface area contributed by atoms with Crippen molar-refractivity contribution < 1.29 is 36.2 Å². The van der Waals surface area contributed by atoms with Gasteiger partial charge in [0.05, 0.1) is 17.6 Å². The lowest BCUT2D eigenvalue weighted by Crippen LogP contribution is -2.51. The molecular weight excluding hydrogens is 677 g/mol. The molecule has 2 aliphatic rings. The van der Waals surface area contributed by atoms with E-state index in [-0.39, 0.29) is 35.9 Å². The summed E-state index contributed by atoms with van der Waals surface area (Å²) in [7, 11) is 0. The van der Waals surface area contributed by atoms with Crippen molar-refractivity contribution in [3.05, 3.63) is 83.0 Å². The summed E-state index contributed by atoms with van der Waals surface area (Å²) in [5.41, 5.74) is -1.51. The molecule has 2 aromatic carbocycles. The lowest BCUT2D eigenvalue weighted by molar-refractivity contribution is -0.138. The Hall–Kier alpha value is -4.59. The Bertz CT molecular complexity index is 1870. The van der Waals surface area contributed by atoms with E-state index >= 15 is 17.6 Å². The minimum Gasteiger partial charge on any atom is -0.454 e. The van der Waals surface area contributed by atoms with Crippen LogP contribution in [0.1, 0.15) is 63.4 Å². The molecule has 2 aromatic heterocycles. The van der Waals surface area contributed by atoms with Crippen LogP contribution in [0.2, 0.25) is 0 Å². The molecule has 1 spiro atoms. The van der Waals surface area contributed by atoms with Crippen LogP contribution in [0.5, 0.6) is 11.5 Å². The van der Waals surface area contributed by atoms with Crippen LogP contribution in [-0.2, 0) is 10.9 Å². The first-order valence-corrected chi connectivity index (χ1v) is 17.0. The van der Waals surface area contributed by atoms with Crippen molar-refractivity contribution in [3.8, 4) is 22.8 Å². The van der Waals surface area contributed by atoms with Gasteiger partial charge in [-0.05, 0) is 99.8 Å². The van der Waals surface area contributed by atoms with E-state index in [1.54, 1.807) is 48.2 Å². The first-order chi connectivity index (χ1) is 23.7. The van der Waals surface area contributed by atoms with E-state index in [1.807, 2.05) is 0 Å². The molecule has 1 amide bonds. The van der Waals surface area contributed by atoms with Crippen LogP contribution in [0.15, 0.2) is 60.2 Å². The topological polar surface area (TPSA) is 80.7 Å². The molecule has 4 heterocycles. The van der Waals surface area contributed by atoms with Crippen LogP contribution in [0, 0.1) is 11.2 Å². The van der Waals surface area contributed by atoms with Crippen molar-refractivity contribution in [3.63, 3.8) is 0 Å². The van der Waals surface area contributed by atoms with Gasteiger partial charge >= 0.3 is 12.3 Å². The average Bonchev–Trinajstić information content (AvgIpc) is 3.61. The molecular formula is C36H36F5N5O3S. The minimum atomic E-state index is -4.97. The number of likely N-dealkylation sites (tertiary alicyclic amines) is 1. The Morgan fingerprint density at radius 3 is 2.44 bits per heavy atom. The number of piperidine rings is 2. The summed E-state index contributed by atoms with van der Waals surface area (Å²) in [4.78, 5) is 24.3. The molecule has 2 aliphatic heterocycles. The zero-order valence-electron chi connectivity index (χ0n) is 27.8. The number of benzene rings is 2. The molecule has 2 saturated heterocycles. The van der Waals surface area contributed by atoms with Crippen molar-refractivity contribution in [1.82, 2.24) is 19.2 Å². The van der Waals surface area contributed by atoms with Gasteiger partial charge in [-0.15, -0.1) is 0 Å². The van der Waals surface area contributed by atoms with Gasteiger partial charge in [-0.1, -0.05) is 12.1 Å². The second-order valence-corrected chi connectivity index (χ2v) is 14.2. The maximum Gasteiger partial charge on any atom is 0.422 e. The predicted molar refractivity (Wildman–Crippen MR) is 181 cm³/mol. The largest absolute Gasteiger partial charge is 0.454 e. The molecule has 6 rings (SSSR count). The van der Waals surface area contributed by atoms with E-state index < -0.39 is 46.2 Å². The summed E-state index contributed by atoms with van der Waals surface area (Å²) >= 11 is 1.20. The maximum atomic E-state index is 16.0. The van der Waals surface area contributed by atoms with E-state index in [0.717, 1.165) is 24.6 Å². The number of anilines is 1. The average molecular weight is 714 g/mol. The lowest BCUT2D eigenvalue weighted by Gasteiger charge is -2.49. The molecule has 8 nitrogen and oxygen atoms in total. The molecule has 2 fully saturated rings. The normalized spacial score (nSPS) is 16.8. The van der Waals surface area contributed by atoms with Gasteiger partial charge in [-0.25, -0.2) is 27.9 Å². The van der Waals surface area contributed by atoms with E-state index in [4.69, 9.17) is 9.47 Å². The number of hydrogen-bond donors (Lipinski definition) is 0. The molecule has 0 unspecified atom stereocenters. The summed E-state index contributed by atoms with van der Waals surface area (Å²) < 4.78 is 91.5. The van der Waals surface area contributed by atoms with Crippen molar-refractivity contribution in [1.29, 1.82) is 0 Å². The minimum absolute atomic E-state index is 0.0647. The van der Waals surface area contributed by atoms with Crippen molar-refractivity contribution in [2.75, 3.05) is 31.1 Å². The summed E-state index contributed by atoms with van der Waals surface area (Å²) in [5, 5.41) is 1.74. The van der Waals surface area contributed by atoms with Gasteiger partial charge in [0.2, 0.25) is 0 Å². The molecule has 0 saturated carbocycles. The van der Waals surface area contributed by atoms with Crippen LogP contribution < -0.4 is 9.64 Å². The summed E-state index contributed by atoms with van der Waals surface area (Å²) in [6.07, 6.45) is 0.947. The zero-order valence-corrected chi connectivity index (χ0v) is 28.6. The van der Waals surface area contributed by atoms with Gasteiger partial charge in [0.1, 0.15) is 16.9 Å². The number of alkyl halides is 3. The van der Waals surface area contributed by atoms with Gasteiger partial charge in [0, 0.05) is 48.9 Å². The van der Waals surface area contributed by atoms with Crippen LogP contribution in [-0.4, -0.2) is 57.1 Å². The predicted octanol–water partition coefficient (Wildman–Crippen LogP) is 9.64. The maximum absolute atomic E-state index is 16.0. The fraction of sp³-hybridized carbons (Fsp3) is 0.389. The molecule has 4 aromatic rings. The van der Waals surface area contributed by atoms with E-state index in [2.05, 4.69) is 14.3 Å². The summed E-state index contributed by atoms with van der Waals surface area (Å²) in [6.45, 7) is 6.62. The summed E-state index contributed by atoms with van der Waals surface area (Å²) in [5.74, 6) is -3.06. The van der Waals surface area contributed by atoms with Crippen molar-refractivity contribution in [2.24, 2.45) is 5.41 Å². The number of hydrogen-bond acceptors (Lipinski definition) is 8. The quantitative estimate of drug-likeness (QED) is 0.184. The highest BCUT2D eigenvalue weighted by Crippen LogP contribution is 2.50. The molecule has 0 N–H and O–H groups in total. The molecule has 0 bridgehead atoms. The highest BCUT2D eigenvalue weighted by atomic mass is 32.1. The van der Waals surface area contributed by atoms with Gasteiger partial charge in [-0.3, -0.25) is 0 Å². The molecule has 0 radical (unpaired) electrons. The van der Waals surface area contributed by atoms with E-state index in [1.165, 1.54) is 42.0 Å². The van der Waals surface area contributed by atoms with Crippen LogP contribution in [0.3, 0.4) is 0 Å². The number of ether oxygens (including phenoxy) is 2. The smallest absolute Gasteiger partial charge is 0.422 e. The third kappa shape index (κ3) is 7.90. The number of carbonyl (C=O) groups is 1. The fourth-order valence-corrected chi connectivity index (χ4v) is 7.05. The number of rotatable bonds is 6. The lowest BCUT2D eigenvalue weighted by atomic mass is 9.72. The highest BCUT2D eigenvalue weighted by Gasteiger charge is 2.45. The number of halogens is 5. The fourth-order valence-electron chi connectivity index (χ4n) is 6.51. The van der Waals surface area contributed by atoms with Crippen LogP contribution >= 0.6 is 11.5 Å². The standard InChI is InChI=1S/C36H36F5N5O3S/c1-34(2,3)49-33(47)45-17-13-35(14-18-45)12-6-16-46(22-35)31-23(19-26(38)32-42-15-11-27(44-32)24-20-43-50-21-24)9-10-29(30(31)36(39,40)41)48-28-8-5-4-7-25(28)37/h4-5,7-11,15,19-21H,6,12-14,16-18,22H2,1-3H3/b26-19-. The van der Waals surface area contributed by atoms with Crippen LogP contribution in [0.4, 0.5) is 32.4 Å². The molecule has 0 atom stereocenters. The Labute approximate surface area is 290 Å². The number of nitrogens with zero attached hydrogens (tertiary/aromatic N) is 5. The first kappa shape index (κ1) is 35.2. The van der Waals surface area contributed by atoms with Gasteiger partial charge in [0.15, 0.2) is 23.2 Å². The van der Waals surface area contributed by atoms with Crippen molar-refractivity contribution >= 4 is 35.2 Å². The first-order valence-electron chi connectivity index (χ1n) is 16.2. The molecule has 0 aliphatic carbocycles. The zero-order chi connectivity index (χ0) is 35.7. The van der Waals surface area contributed by atoms with Gasteiger partial charge < -0.3 is 19.3 Å². The molecule has 14 heteroatoms. The van der Waals surface area contributed by atoms with E-state index in [9.17, 15) is 9.18 Å². The van der Waals surface area contributed by atoms with Crippen LogP contribution in [0.25, 0.3) is 23.2 Å². The molecule has 264 valence electrons. The number of amides is 1. The summed E-state index contributed by atoms with van der Waals surface area (Å²) in [6, 6.07) is 9.19. The molecule has 50 heavy (non-hydrogen) atoms. The number of aromatic nitrogens is 3. The second kappa shape index (κ2) is 14.0. The highest BCUT2D eigenvalue weighted by molar-refractivity contribution is 7.03. The number of carbonyl (C=O) groups excluding carboxylic acids is 1. The SMILES string of the molecule is CC(C)(C)OC(=O)N1CCC2(CCCN(c3c(/C=C(\F)c4nccc(-c5cnsc5)n4)ccc(Oc4ccccc4F)c3C(F)(F)F)C2)CC1. The third-order valence-corrected chi connectivity index (χ3v) is 9.43. The monoisotopic (exact) mass is 713 g/mol. The Balaban J connectivity index is 1.40. The number of para-hydroxylation sites is 1. The van der Waals surface area contributed by atoms with E-state index in [0.29, 0.717) is 43.6 Å². The third-order valence-electron chi connectivity index (χ3n) is 8.84. The van der Waals surface area contributed by atoms with Gasteiger partial charge in [-0.2, -0.15) is 13.2 Å².